The molecule has 0 aliphatic rings. The average Bonchev–Trinajstić information content (AvgIpc) is 2.05. The van der Waals surface area contributed by atoms with Crippen LogP contribution in [0.2, 0.25) is 0 Å². The Morgan fingerprint density at radius 1 is 1.50 bits per heavy atom. The topological polar surface area (TPSA) is 70.4 Å². The van der Waals surface area contributed by atoms with Crippen LogP contribution in [-0.2, 0) is 26.7 Å². The van der Waals surface area contributed by atoms with Crippen LogP contribution in [0.15, 0.2) is 18.3 Å². The first-order chi connectivity index (χ1) is 5.24. The number of aromatic nitrogens is 1. The fourth-order valence-corrected chi connectivity index (χ4v) is 0.645. The molecule has 4 nitrogen and oxygen atoms in total. The summed E-state index contributed by atoms with van der Waals surface area (Å²) in [5.74, 6) is -1.06. The molecule has 12 heavy (non-hydrogen) atoms. The first-order valence-electron chi connectivity index (χ1n) is 3.03. The summed E-state index contributed by atoms with van der Waals surface area (Å²) in [6, 6.07) is 2.88. The van der Waals surface area contributed by atoms with E-state index in [2.05, 4.69) is 4.98 Å². The normalized spacial score (nSPS) is 8.75. The Hall–Kier alpha value is -0.771. The van der Waals surface area contributed by atoms with Gasteiger partial charge in [-0.3, -0.25) is 0 Å². The smallest absolute Gasteiger partial charge is 0.354 e. The van der Waals surface area contributed by atoms with Crippen molar-refractivity contribution in [3.8, 4) is 0 Å². The quantitative estimate of drug-likeness (QED) is 0.807. The molecule has 0 aliphatic carbocycles. The van der Waals surface area contributed by atoms with Crippen LogP contribution in [-0.4, -0.2) is 21.2 Å². The largest absolute Gasteiger partial charge is 0.477 e. The molecule has 1 aromatic heterocycles. The Labute approximate surface area is 82.6 Å². The van der Waals surface area contributed by atoms with Crippen molar-refractivity contribution < 1.29 is 35.1 Å². The minimum Gasteiger partial charge on any atom is -0.477 e. The number of rotatable bonds is 2. The summed E-state index contributed by atoms with van der Waals surface area (Å²) < 4.78 is 0. The molecule has 1 heterocycles. The average molecular weight is 345 g/mol. The number of hydrogen-bond acceptors (Lipinski definition) is 3. The summed E-state index contributed by atoms with van der Waals surface area (Å²) in [5, 5.41) is 17.0. The number of aromatic carboxylic acids is 1. The van der Waals surface area contributed by atoms with Crippen molar-refractivity contribution in [3.05, 3.63) is 29.6 Å². The van der Waals surface area contributed by atoms with E-state index in [0.29, 0.717) is 5.56 Å². The zero-order valence-corrected chi connectivity index (χ0v) is 8.42. The van der Waals surface area contributed by atoms with E-state index >= 15 is 0 Å². The third-order valence-electron chi connectivity index (χ3n) is 1.23. The van der Waals surface area contributed by atoms with Gasteiger partial charge in [0.05, 0.1) is 6.61 Å². The number of hydrogen-bond donors (Lipinski definition) is 2. The number of carboxylic acids is 1. The van der Waals surface area contributed by atoms with Gasteiger partial charge in [0.15, 0.2) is 0 Å². The molecule has 0 aliphatic heterocycles. The number of carbonyl (C=O) groups is 1. The molecule has 0 bridgehead atoms. The van der Waals surface area contributed by atoms with Gasteiger partial charge < -0.3 is 10.2 Å². The summed E-state index contributed by atoms with van der Waals surface area (Å²) in [6.07, 6.45) is 1.34. The van der Waals surface area contributed by atoms with Gasteiger partial charge in [0.1, 0.15) is 5.69 Å². The molecular formula is C7H7IrNO3. The Bertz CT molecular complexity index is 260. The molecule has 0 aromatic carbocycles. The number of aliphatic hydroxyl groups is 1. The molecular weight excluding hydrogens is 338 g/mol. The van der Waals surface area contributed by atoms with Crippen molar-refractivity contribution in [1.29, 1.82) is 0 Å². The standard InChI is InChI=1S/C7H7NO3.Ir/c9-4-5-1-2-6(7(10)11)8-3-5;/h1-3,9H,4H2,(H,10,11);. The van der Waals surface area contributed by atoms with E-state index in [1.807, 2.05) is 0 Å². The zero-order chi connectivity index (χ0) is 8.27. The van der Waals surface area contributed by atoms with Gasteiger partial charge in [-0.05, 0) is 11.6 Å². The molecule has 1 radical (unpaired) electrons. The van der Waals surface area contributed by atoms with Crippen LogP contribution < -0.4 is 0 Å². The maximum Gasteiger partial charge on any atom is 0.354 e. The van der Waals surface area contributed by atoms with Crippen molar-refractivity contribution >= 4 is 5.97 Å². The van der Waals surface area contributed by atoms with Gasteiger partial charge in [0, 0.05) is 26.3 Å². The van der Waals surface area contributed by atoms with E-state index in [-0.39, 0.29) is 32.4 Å². The predicted octanol–water partition coefficient (Wildman–Crippen LogP) is 0.270. The summed E-state index contributed by atoms with van der Waals surface area (Å²) in [5.41, 5.74) is 0.595. The minimum atomic E-state index is -1.06. The summed E-state index contributed by atoms with van der Waals surface area (Å²) in [7, 11) is 0. The van der Waals surface area contributed by atoms with E-state index in [0.717, 1.165) is 0 Å². The monoisotopic (exact) mass is 346 g/mol. The molecule has 0 saturated heterocycles. The maximum atomic E-state index is 10.3. The van der Waals surface area contributed by atoms with Crippen molar-refractivity contribution in [3.63, 3.8) is 0 Å². The van der Waals surface area contributed by atoms with Gasteiger partial charge in [-0.1, -0.05) is 6.07 Å². The van der Waals surface area contributed by atoms with Crippen molar-refractivity contribution in [2.24, 2.45) is 0 Å². The summed E-state index contributed by atoms with van der Waals surface area (Å²) >= 11 is 0. The number of pyridine rings is 1. The molecule has 5 heteroatoms. The van der Waals surface area contributed by atoms with Crippen LogP contribution in [0.25, 0.3) is 0 Å². The van der Waals surface area contributed by atoms with Crippen LogP contribution in [0, 0.1) is 0 Å². The molecule has 0 amide bonds. The molecule has 2 N–H and O–H groups in total. The molecule has 0 atom stereocenters. The maximum absolute atomic E-state index is 10.3. The Morgan fingerprint density at radius 3 is 2.50 bits per heavy atom. The fraction of sp³-hybridized carbons (Fsp3) is 0.143. The number of nitrogens with zero attached hydrogens (tertiary/aromatic N) is 1. The van der Waals surface area contributed by atoms with Crippen molar-refractivity contribution in [2.75, 3.05) is 0 Å². The van der Waals surface area contributed by atoms with Gasteiger partial charge in [-0.25, -0.2) is 9.78 Å². The Balaban J connectivity index is 0.00000121. The van der Waals surface area contributed by atoms with Crippen LogP contribution in [0.5, 0.6) is 0 Å². The van der Waals surface area contributed by atoms with Crippen LogP contribution in [0.1, 0.15) is 16.1 Å². The number of aliphatic hydroxyl groups excluding tert-OH is 1. The van der Waals surface area contributed by atoms with Crippen molar-refractivity contribution in [2.45, 2.75) is 6.61 Å². The molecule has 67 valence electrons. The van der Waals surface area contributed by atoms with Gasteiger partial charge >= 0.3 is 5.97 Å². The van der Waals surface area contributed by atoms with Crippen LogP contribution >= 0.6 is 0 Å². The van der Waals surface area contributed by atoms with E-state index < -0.39 is 5.97 Å². The van der Waals surface area contributed by atoms with Gasteiger partial charge in [-0.15, -0.1) is 0 Å². The van der Waals surface area contributed by atoms with Gasteiger partial charge in [-0.2, -0.15) is 0 Å². The molecule has 0 spiro atoms. The molecule has 1 aromatic rings. The summed E-state index contributed by atoms with van der Waals surface area (Å²) in [4.78, 5) is 13.9. The van der Waals surface area contributed by atoms with Gasteiger partial charge in [0.25, 0.3) is 0 Å². The number of carboxylic acid groups (broad SMARTS) is 1. The second-order valence-electron chi connectivity index (χ2n) is 2.01. The predicted molar refractivity (Wildman–Crippen MR) is 37.1 cm³/mol. The van der Waals surface area contributed by atoms with E-state index in [9.17, 15) is 4.79 Å². The van der Waals surface area contributed by atoms with Gasteiger partial charge in [0.2, 0.25) is 0 Å². The van der Waals surface area contributed by atoms with E-state index in [4.69, 9.17) is 10.2 Å². The van der Waals surface area contributed by atoms with Crippen LogP contribution in [0.4, 0.5) is 0 Å². The fourth-order valence-electron chi connectivity index (χ4n) is 0.645. The second-order valence-corrected chi connectivity index (χ2v) is 2.01. The molecule has 0 fully saturated rings. The third kappa shape index (κ3) is 2.69. The molecule has 0 unspecified atom stereocenters. The van der Waals surface area contributed by atoms with E-state index in [1.54, 1.807) is 0 Å². The SMILES string of the molecule is O=C(O)c1ccc(CO)cn1.[Ir]. The van der Waals surface area contributed by atoms with Crippen LogP contribution in [0.3, 0.4) is 0 Å². The first kappa shape index (κ1) is 11.2. The first-order valence-corrected chi connectivity index (χ1v) is 3.03. The van der Waals surface area contributed by atoms with E-state index in [1.165, 1.54) is 18.3 Å². The third-order valence-corrected chi connectivity index (χ3v) is 1.23. The molecule has 1 rings (SSSR count). The van der Waals surface area contributed by atoms with Crippen molar-refractivity contribution in [1.82, 2.24) is 4.98 Å². The summed E-state index contributed by atoms with van der Waals surface area (Å²) in [6.45, 7) is -0.118. The minimum absolute atomic E-state index is 0. The Kier molecular flexibility index (Phi) is 4.66. The molecule has 0 saturated carbocycles. The second kappa shape index (κ2) is 4.98. The Morgan fingerprint density at radius 2 is 2.17 bits per heavy atom. The zero-order valence-electron chi connectivity index (χ0n) is 6.02.